The molecular formula is C11H4N2O2. The SMILES string of the molecule is N#CC#Cc1ccc2c(c1)C(=O)C(=O)N2. The second-order valence-corrected chi connectivity index (χ2v) is 2.91. The molecule has 0 radical (unpaired) electrons. The third-order valence-corrected chi connectivity index (χ3v) is 1.98. The Morgan fingerprint density at radius 3 is 2.80 bits per heavy atom. The number of rotatable bonds is 0. The number of nitrogens with one attached hydrogen (secondary N) is 1. The van der Waals surface area contributed by atoms with Gasteiger partial charge in [0.1, 0.15) is 0 Å². The van der Waals surface area contributed by atoms with E-state index in [1.807, 2.05) is 0 Å². The van der Waals surface area contributed by atoms with Crippen molar-refractivity contribution in [3.8, 4) is 17.9 Å². The van der Waals surface area contributed by atoms with E-state index >= 15 is 0 Å². The lowest BCUT2D eigenvalue weighted by Crippen LogP contribution is -2.12. The summed E-state index contributed by atoms with van der Waals surface area (Å²) in [5, 5.41) is 10.7. The molecule has 0 spiro atoms. The summed E-state index contributed by atoms with van der Waals surface area (Å²) in [6.07, 6.45) is 0. The Morgan fingerprint density at radius 1 is 1.27 bits per heavy atom. The number of amides is 1. The number of fused-ring (bicyclic) bond motifs is 1. The zero-order valence-corrected chi connectivity index (χ0v) is 7.50. The Balaban J connectivity index is 2.49. The van der Waals surface area contributed by atoms with E-state index in [2.05, 4.69) is 17.2 Å². The molecule has 0 saturated carbocycles. The molecule has 0 saturated heterocycles. The Kier molecular flexibility index (Phi) is 1.97. The quantitative estimate of drug-likeness (QED) is 0.490. The van der Waals surface area contributed by atoms with E-state index in [1.54, 1.807) is 18.2 Å². The number of carbonyl (C=O) groups is 2. The van der Waals surface area contributed by atoms with Gasteiger partial charge in [-0.25, -0.2) is 0 Å². The topological polar surface area (TPSA) is 70.0 Å². The fourth-order valence-electron chi connectivity index (χ4n) is 1.32. The smallest absolute Gasteiger partial charge is 0.296 e. The van der Waals surface area contributed by atoms with Gasteiger partial charge in [0.05, 0.1) is 11.3 Å². The molecule has 1 aromatic carbocycles. The number of ketones is 1. The zero-order chi connectivity index (χ0) is 10.8. The fraction of sp³-hybridized carbons (Fsp3) is 0. The van der Waals surface area contributed by atoms with Crippen molar-refractivity contribution in [1.82, 2.24) is 0 Å². The second kappa shape index (κ2) is 3.28. The molecule has 1 heterocycles. The third-order valence-electron chi connectivity index (χ3n) is 1.98. The average Bonchev–Trinajstić information content (AvgIpc) is 2.52. The predicted molar refractivity (Wildman–Crippen MR) is 51.9 cm³/mol. The van der Waals surface area contributed by atoms with Crippen molar-refractivity contribution < 1.29 is 9.59 Å². The lowest BCUT2D eigenvalue weighted by Gasteiger charge is -1.95. The van der Waals surface area contributed by atoms with Gasteiger partial charge >= 0.3 is 0 Å². The van der Waals surface area contributed by atoms with Crippen molar-refractivity contribution in [2.24, 2.45) is 0 Å². The molecule has 0 atom stereocenters. The lowest BCUT2D eigenvalue weighted by molar-refractivity contribution is -0.112. The van der Waals surface area contributed by atoms with Crippen LogP contribution < -0.4 is 5.32 Å². The van der Waals surface area contributed by atoms with Gasteiger partial charge < -0.3 is 5.32 Å². The van der Waals surface area contributed by atoms with E-state index in [4.69, 9.17) is 5.26 Å². The van der Waals surface area contributed by atoms with Crippen LogP contribution in [0.5, 0.6) is 0 Å². The largest absolute Gasteiger partial charge is 0.318 e. The van der Waals surface area contributed by atoms with Crippen molar-refractivity contribution in [2.75, 3.05) is 5.32 Å². The van der Waals surface area contributed by atoms with Gasteiger partial charge in [0.2, 0.25) is 0 Å². The highest BCUT2D eigenvalue weighted by Crippen LogP contribution is 2.23. The number of carbonyl (C=O) groups excluding carboxylic acids is 2. The van der Waals surface area contributed by atoms with Crippen LogP contribution in [0.4, 0.5) is 5.69 Å². The van der Waals surface area contributed by atoms with Crippen LogP contribution in [0, 0.1) is 23.2 Å². The molecule has 1 aliphatic heterocycles. The molecule has 0 bridgehead atoms. The number of benzene rings is 1. The minimum atomic E-state index is -0.629. The van der Waals surface area contributed by atoms with Gasteiger partial charge in [-0.15, -0.1) is 0 Å². The molecule has 0 unspecified atom stereocenters. The number of anilines is 1. The van der Waals surface area contributed by atoms with E-state index in [-0.39, 0.29) is 0 Å². The van der Waals surface area contributed by atoms with Crippen LogP contribution >= 0.6 is 0 Å². The highest BCUT2D eigenvalue weighted by atomic mass is 16.2. The van der Waals surface area contributed by atoms with Gasteiger partial charge in [-0.05, 0) is 18.2 Å². The van der Waals surface area contributed by atoms with Gasteiger partial charge in [-0.2, -0.15) is 5.26 Å². The molecule has 70 valence electrons. The van der Waals surface area contributed by atoms with Crippen LogP contribution in [-0.2, 0) is 4.79 Å². The Labute approximate surface area is 85.5 Å². The number of nitrogens with zero attached hydrogens (tertiary/aromatic N) is 1. The fourth-order valence-corrected chi connectivity index (χ4v) is 1.32. The summed E-state index contributed by atoms with van der Waals surface area (Å²) in [5.74, 6) is 3.58. The van der Waals surface area contributed by atoms with E-state index in [0.717, 1.165) is 0 Å². The first kappa shape index (κ1) is 8.98. The normalized spacial score (nSPS) is 12.2. The molecule has 1 N–H and O–H groups in total. The molecule has 0 fully saturated rings. The first-order valence-electron chi connectivity index (χ1n) is 4.12. The summed E-state index contributed by atoms with van der Waals surface area (Å²) in [6.45, 7) is 0. The van der Waals surface area contributed by atoms with E-state index < -0.39 is 11.7 Å². The minimum absolute atomic E-state index is 0.310. The van der Waals surface area contributed by atoms with Crippen molar-refractivity contribution in [2.45, 2.75) is 0 Å². The average molecular weight is 196 g/mol. The molecule has 1 aliphatic rings. The van der Waals surface area contributed by atoms with Crippen molar-refractivity contribution in [3.05, 3.63) is 29.3 Å². The van der Waals surface area contributed by atoms with Gasteiger partial charge in [0.25, 0.3) is 11.7 Å². The summed E-state index contributed by atoms with van der Waals surface area (Å²) < 4.78 is 0. The third kappa shape index (κ3) is 1.45. The first-order chi connectivity index (χ1) is 7.22. The minimum Gasteiger partial charge on any atom is -0.318 e. The number of hydrogen-bond donors (Lipinski definition) is 1. The maximum atomic E-state index is 11.3. The number of Topliss-reactive ketones (excluding diaryl/α,β-unsaturated/α-hetero) is 1. The highest BCUT2D eigenvalue weighted by Gasteiger charge is 2.27. The van der Waals surface area contributed by atoms with Crippen LogP contribution in [0.25, 0.3) is 0 Å². The highest BCUT2D eigenvalue weighted by molar-refractivity contribution is 6.51. The Bertz CT molecular complexity index is 570. The maximum absolute atomic E-state index is 11.3. The van der Waals surface area contributed by atoms with Crippen LogP contribution in [0.2, 0.25) is 0 Å². The summed E-state index contributed by atoms with van der Waals surface area (Å²) in [4.78, 5) is 22.3. The standard InChI is InChI=1S/C11H4N2O2/c12-5-1-2-7-3-4-9-8(6-7)10(14)11(15)13-9/h3-4,6H,(H,13,14,15). The van der Waals surface area contributed by atoms with Crippen molar-refractivity contribution in [1.29, 1.82) is 5.26 Å². The lowest BCUT2D eigenvalue weighted by atomic mass is 10.1. The zero-order valence-electron chi connectivity index (χ0n) is 7.50. The van der Waals surface area contributed by atoms with Crippen molar-refractivity contribution in [3.63, 3.8) is 0 Å². The Hall–Kier alpha value is -2.59. The molecule has 4 heteroatoms. The van der Waals surface area contributed by atoms with Crippen molar-refractivity contribution >= 4 is 17.4 Å². The summed E-state index contributed by atoms with van der Waals surface area (Å²) in [7, 11) is 0. The van der Waals surface area contributed by atoms with E-state index in [9.17, 15) is 9.59 Å². The molecule has 15 heavy (non-hydrogen) atoms. The molecule has 1 aromatic rings. The molecule has 0 aliphatic carbocycles. The molecule has 2 rings (SSSR count). The Morgan fingerprint density at radius 2 is 2.07 bits per heavy atom. The molecule has 4 nitrogen and oxygen atoms in total. The summed E-state index contributed by atoms with van der Waals surface area (Å²) in [6, 6.07) is 6.41. The molecule has 1 amide bonds. The number of nitriles is 1. The summed E-state index contributed by atoms with van der Waals surface area (Å²) >= 11 is 0. The van der Waals surface area contributed by atoms with Crippen LogP contribution in [0.1, 0.15) is 15.9 Å². The molecular weight excluding hydrogens is 192 g/mol. The van der Waals surface area contributed by atoms with Crippen LogP contribution in [0.15, 0.2) is 18.2 Å². The number of hydrogen-bond acceptors (Lipinski definition) is 3. The monoisotopic (exact) mass is 196 g/mol. The van der Waals surface area contributed by atoms with E-state index in [0.29, 0.717) is 16.8 Å². The predicted octanol–water partition coefficient (Wildman–Crippen LogP) is 0.696. The summed E-state index contributed by atoms with van der Waals surface area (Å²) in [5.41, 5.74) is 1.34. The first-order valence-corrected chi connectivity index (χ1v) is 4.12. The van der Waals surface area contributed by atoms with Gasteiger partial charge in [-0.1, -0.05) is 5.92 Å². The van der Waals surface area contributed by atoms with Crippen LogP contribution in [-0.4, -0.2) is 11.7 Å². The van der Waals surface area contributed by atoms with Gasteiger partial charge in [-0.3, -0.25) is 9.59 Å². The van der Waals surface area contributed by atoms with Gasteiger partial charge in [0, 0.05) is 11.5 Å². The van der Waals surface area contributed by atoms with E-state index in [1.165, 1.54) is 6.07 Å². The molecule has 0 aromatic heterocycles. The van der Waals surface area contributed by atoms with Crippen LogP contribution in [0.3, 0.4) is 0 Å². The van der Waals surface area contributed by atoms with Gasteiger partial charge in [0.15, 0.2) is 6.07 Å². The maximum Gasteiger partial charge on any atom is 0.296 e. The second-order valence-electron chi connectivity index (χ2n) is 2.91.